The van der Waals surface area contributed by atoms with Gasteiger partial charge in [0, 0.05) is 19.2 Å². The number of methoxy groups -OCH3 is 2. The molecular formula is C14H23NO2. The maximum absolute atomic E-state index is 5.30. The van der Waals surface area contributed by atoms with Gasteiger partial charge in [-0.05, 0) is 38.5 Å². The van der Waals surface area contributed by atoms with Crippen LogP contribution in [0.1, 0.15) is 32.4 Å². The lowest BCUT2D eigenvalue weighted by atomic mass is 10.1. The molecule has 0 saturated carbocycles. The largest absolute Gasteiger partial charge is 0.497 e. The summed E-state index contributed by atoms with van der Waals surface area (Å²) in [4.78, 5) is 0. The minimum absolute atomic E-state index is 0.204. The van der Waals surface area contributed by atoms with Crippen molar-refractivity contribution in [2.45, 2.75) is 39.0 Å². The van der Waals surface area contributed by atoms with Crippen molar-refractivity contribution in [1.29, 1.82) is 0 Å². The zero-order chi connectivity index (χ0) is 12.8. The highest BCUT2D eigenvalue weighted by atomic mass is 16.5. The summed E-state index contributed by atoms with van der Waals surface area (Å²) >= 11 is 0. The van der Waals surface area contributed by atoms with Gasteiger partial charge >= 0.3 is 0 Å². The second-order valence-electron chi connectivity index (χ2n) is 4.39. The van der Waals surface area contributed by atoms with Gasteiger partial charge in [-0.2, -0.15) is 0 Å². The van der Waals surface area contributed by atoms with Crippen molar-refractivity contribution in [3.8, 4) is 5.75 Å². The van der Waals surface area contributed by atoms with Gasteiger partial charge in [0.05, 0.1) is 13.2 Å². The van der Waals surface area contributed by atoms with Gasteiger partial charge in [-0.1, -0.05) is 12.1 Å². The quantitative estimate of drug-likeness (QED) is 0.825. The highest BCUT2D eigenvalue weighted by Crippen LogP contribution is 2.18. The van der Waals surface area contributed by atoms with E-state index in [0.717, 1.165) is 5.75 Å². The second-order valence-corrected chi connectivity index (χ2v) is 4.39. The Morgan fingerprint density at radius 3 is 2.06 bits per heavy atom. The summed E-state index contributed by atoms with van der Waals surface area (Å²) in [6.07, 6.45) is 0.204. The van der Waals surface area contributed by atoms with Crippen LogP contribution in [0.15, 0.2) is 24.3 Å². The zero-order valence-corrected chi connectivity index (χ0v) is 11.4. The van der Waals surface area contributed by atoms with E-state index >= 15 is 0 Å². The molecule has 0 spiro atoms. The molecule has 0 fully saturated rings. The summed E-state index contributed by atoms with van der Waals surface area (Å²) in [7, 11) is 3.42. The Bertz CT molecular complexity index is 323. The molecule has 3 heteroatoms. The molecule has 0 aromatic heterocycles. The number of benzene rings is 1. The molecule has 2 unspecified atom stereocenters. The molecule has 0 bridgehead atoms. The van der Waals surface area contributed by atoms with E-state index in [9.17, 15) is 0 Å². The van der Waals surface area contributed by atoms with Crippen LogP contribution < -0.4 is 10.1 Å². The van der Waals surface area contributed by atoms with E-state index < -0.39 is 0 Å². The van der Waals surface area contributed by atoms with Gasteiger partial charge in [-0.3, -0.25) is 0 Å². The normalized spacial score (nSPS) is 16.3. The molecule has 96 valence electrons. The molecule has 1 aromatic rings. The summed E-state index contributed by atoms with van der Waals surface area (Å²) in [5.41, 5.74) is 1.25. The van der Waals surface area contributed by atoms with Crippen LogP contribution in [0.25, 0.3) is 0 Å². The lowest BCUT2D eigenvalue weighted by Gasteiger charge is -2.24. The van der Waals surface area contributed by atoms with Gasteiger partial charge in [0.25, 0.3) is 0 Å². The van der Waals surface area contributed by atoms with Crippen molar-refractivity contribution in [2.75, 3.05) is 14.2 Å². The van der Waals surface area contributed by atoms with E-state index in [4.69, 9.17) is 9.47 Å². The summed E-state index contributed by atoms with van der Waals surface area (Å²) < 4.78 is 10.4. The van der Waals surface area contributed by atoms with Gasteiger partial charge in [0.2, 0.25) is 0 Å². The van der Waals surface area contributed by atoms with Crippen molar-refractivity contribution in [3.05, 3.63) is 29.8 Å². The molecule has 3 nitrogen and oxygen atoms in total. The van der Waals surface area contributed by atoms with Crippen LogP contribution in [-0.4, -0.2) is 26.4 Å². The van der Waals surface area contributed by atoms with Gasteiger partial charge < -0.3 is 14.8 Å². The molecule has 0 aliphatic rings. The summed E-state index contributed by atoms with van der Waals surface area (Å²) in [6.45, 7) is 6.35. The molecule has 0 aliphatic heterocycles. The van der Waals surface area contributed by atoms with Gasteiger partial charge in [0.1, 0.15) is 5.75 Å². The molecule has 3 atom stereocenters. The Kier molecular flexibility index (Phi) is 5.45. The van der Waals surface area contributed by atoms with E-state index in [1.807, 2.05) is 12.1 Å². The first-order valence-electron chi connectivity index (χ1n) is 6.01. The number of hydrogen-bond donors (Lipinski definition) is 1. The minimum atomic E-state index is 0.204. The number of rotatable bonds is 6. The molecule has 17 heavy (non-hydrogen) atoms. The van der Waals surface area contributed by atoms with E-state index in [1.54, 1.807) is 14.2 Å². The van der Waals surface area contributed by atoms with Gasteiger partial charge in [0.15, 0.2) is 0 Å². The first-order valence-corrected chi connectivity index (χ1v) is 6.01. The van der Waals surface area contributed by atoms with Crippen LogP contribution in [0.4, 0.5) is 0 Å². The Morgan fingerprint density at radius 1 is 1.00 bits per heavy atom. The monoisotopic (exact) mass is 237 g/mol. The molecule has 1 rings (SSSR count). The average molecular weight is 237 g/mol. The molecular weight excluding hydrogens is 214 g/mol. The molecule has 0 aliphatic carbocycles. The lowest BCUT2D eigenvalue weighted by molar-refractivity contribution is 0.0852. The van der Waals surface area contributed by atoms with Crippen molar-refractivity contribution in [3.63, 3.8) is 0 Å². The van der Waals surface area contributed by atoms with Crippen LogP contribution in [0.5, 0.6) is 5.75 Å². The van der Waals surface area contributed by atoms with Crippen LogP contribution in [-0.2, 0) is 4.74 Å². The molecule has 1 N–H and O–H groups in total. The first-order chi connectivity index (χ1) is 8.08. The molecule has 1 aromatic carbocycles. The van der Waals surface area contributed by atoms with Crippen molar-refractivity contribution in [1.82, 2.24) is 5.32 Å². The number of nitrogens with one attached hydrogen (secondary N) is 1. The van der Waals surface area contributed by atoms with Crippen LogP contribution in [0, 0.1) is 0 Å². The topological polar surface area (TPSA) is 30.5 Å². The summed E-state index contributed by atoms with van der Waals surface area (Å²) in [5, 5.41) is 3.52. The van der Waals surface area contributed by atoms with Crippen LogP contribution in [0.3, 0.4) is 0 Å². The first kappa shape index (κ1) is 14.0. The molecule has 0 radical (unpaired) electrons. The third-order valence-corrected chi connectivity index (χ3v) is 3.20. The standard InChI is InChI=1S/C14H23NO2/c1-10(12(3)16-4)15-11(2)13-6-8-14(17-5)9-7-13/h6-12,15H,1-5H3/t10?,11-,12?/m1/s1. The zero-order valence-electron chi connectivity index (χ0n) is 11.4. The van der Waals surface area contributed by atoms with Crippen molar-refractivity contribution < 1.29 is 9.47 Å². The molecule has 0 saturated heterocycles. The van der Waals surface area contributed by atoms with E-state index in [0.29, 0.717) is 12.1 Å². The highest BCUT2D eigenvalue weighted by Gasteiger charge is 2.14. The molecule has 0 amide bonds. The van der Waals surface area contributed by atoms with Crippen molar-refractivity contribution in [2.24, 2.45) is 0 Å². The van der Waals surface area contributed by atoms with Crippen LogP contribution in [0.2, 0.25) is 0 Å². The SMILES string of the molecule is COc1ccc([C@@H](C)NC(C)C(C)OC)cc1. The van der Waals surface area contributed by atoms with Gasteiger partial charge in [-0.25, -0.2) is 0 Å². The second kappa shape index (κ2) is 6.62. The number of ether oxygens (including phenoxy) is 2. The predicted molar refractivity (Wildman–Crippen MR) is 70.5 cm³/mol. The smallest absolute Gasteiger partial charge is 0.118 e. The summed E-state index contributed by atoms with van der Waals surface area (Å²) in [6, 6.07) is 8.75. The minimum Gasteiger partial charge on any atom is -0.497 e. The Hall–Kier alpha value is -1.06. The highest BCUT2D eigenvalue weighted by molar-refractivity contribution is 5.28. The Balaban J connectivity index is 2.59. The Labute approximate surface area is 104 Å². The lowest BCUT2D eigenvalue weighted by Crippen LogP contribution is -2.38. The van der Waals surface area contributed by atoms with E-state index in [-0.39, 0.29) is 6.10 Å². The van der Waals surface area contributed by atoms with Crippen molar-refractivity contribution >= 4 is 0 Å². The fourth-order valence-corrected chi connectivity index (χ4v) is 1.72. The van der Waals surface area contributed by atoms with E-state index in [1.165, 1.54) is 5.56 Å². The third kappa shape index (κ3) is 4.02. The number of hydrogen-bond acceptors (Lipinski definition) is 3. The molecule has 0 heterocycles. The fraction of sp³-hybridized carbons (Fsp3) is 0.571. The average Bonchev–Trinajstić information content (AvgIpc) is 2.37. The maximum Gasteiger partial charge on any atom is 0.118 e. The third-order valence-electron chi connectivity index (χ3n) is 3.20. The van der Waals surface area contributed by atoms with Crippen LogP contribution >= 0.6 is 0 Å². The fourth-order valence-electron chi connectivity index (χ4n) is 1.72. The predicted octanol–water partition coefficient (Wildman–Crippen LogP) is 2.77. The Morgan fingerprint density at radius 2 is 1.59 bits per heavy atom. The maximum atomic E-state index is 5.30. The van der Waals surface area contributed by atoms with Gasteiger partial charge in [-0.15, -0.1) is 0 Å². The van der Waals surface area contributed by atoms with E-state index in [2.05, 4.69) is 38.2 Å². The summed E-state index contributed by atoms with van der Waals surface area (Å²) in [5.74, 6) is 0.888.